The van der Waals surface area contributed by atoms with E-state index < -0.39 is 16.1 Å². The number of rotatable bonds is 4. The van der Waals surface area contributed by atoms with Gasteiger partial charge in [-0.05, 0) is 24.6 Å². The predicted octanol–water partition coefficient (Wildman–Crippen LogP) is -0.0844. The summed E-state index contributed by atoms with van der Waals surface area (Å²) in [6.07, 6.45) is -0.712. The molecule has 0 aliphatic carbocycles. The average Bonchev–Trinajstić information content (AvgIpc) is 2.46. The molecule has 20 heavy (non-hydrogen) atoms. The van der Waals surface area contributed by atoms with Crippen LogP contribution in [0.1, 0.15) is 12.5 Å². The Morgan fingerprint density at radius 3 is 2.55 bits per heavy atom. The molecule has 2 rings (SSSR count). The van der Waals surface area contributed by atoms with Crippen LogP contribution < -0.4 is 5.73 Å². The van der Waals surface area contributed by atoms with Crippen molar-refractivity contribution in [1.82, 2.24) is 4.31 Å². The van der Waals surface area contributed by atoms with Gasteiger partial charge in [0, 0.05) is 19.6 Å². The van der Waals surface area contributed by atoms with Crippen molar-refractivity contribution in [3.05, 3.63) is 29.8 Å². The van der Waals surface area contributed by atoms with Gasteiger partial charge in [0.05, 0.1) is 23.7 Å². The standard InChI is InChI=1S/C13H20N2O4S/c1-10-7-15(8-12(9-16)19-10)20(17,18)13-4-2-11(6-14)3-5-13/h2-5,10,12,16H,6-9,14H2,1H3. The third-order valence-electron chi connectivity index (χ3n) is 3.29. The van der Waals surface area contributed by atoms with Gasteiger partial charge in [0.1, 0.15) is 0 Å². The first-order valence-corrected chi connectivity index (χ1v) is 7.97. The van der Waals surface area contributed by atoms with E-state index in [1.807, 2.05) is 0 Å². The SMILES string of the molecule is CC1CN(S(=O)(=O)c2ccc(CN)cc2)CC(CO)O1. The van der Waals surface area contributed by atoms with Crippen molar-refractivity contribution in [2.24, 2.45) is 5.73 Å². The summed E-state index contributed by atoms with van der Waals surface area (Å²) in [6.45, 7) is 2.44. The molecule has 1 aliphatic heterocycles. The van der Waals surface area contributed by atoms with Crippen LogP contribution in [0.4, 0.5) is 0 Å². The maximum atomic E-state index is 12.6. The number of nitrogens with two attached hydrogens (primary N) is 1. The van der Waals surface area contributed by atoms with Gasteiger partial charge >= 0.3 is 0 Å². The second kappa shape index (κ2) is 6.19. The van der Waals surface area contributed by atoms with E-state index >= 15 is 0 Å². The highest BCUT2D eigenvalue weighted by Crippen LogP contribution is 2.21. The van der Waals surface area contributed by atoms with Gasteiger partial charge < -0.3 is 15.6 Å². The molecule has 0 amide bonds. The molecule has 1 heterocycles. The molecule has 0 bridgehead atoms. The first-order chi connectivity index (χ1) is 9.47. The molecule has 1 aliphatic rings. The summed E-state index contributed by atoms with van der Waals surface area (Å²) in [7, 11) is -3.56. The molecule has 6 nitrogen and oxygen atoms in total. The van der Waals surface area contributed by atoms with Gasteiger partial charge in [0.25, 0.3) is 0 Å². The fraction of sp³-hybridized carbons (Fsp3) is 0.538. The third kappa shape index (κ3) is 3.18. The zero-order valence-corrected chi connectivity index (χ0v) is 12.2. The maximum Gasteiger partial charge on any atom is 0.243 e. The number of sulfonamides is 1. The second-order valence-electron chi connectivity index (χ2n) is 4.92. The summed E-state index contributed by atoms with van der Waals surface area (Å²) in [5.74, 6) is 0. The Hall–Kier alpha value is -0.990. The van der Waals surface area contributed by atoms with Crippen LogP contribution in [0.25, 0.3) is 0 Å². The van der Waals surface area contributed by atoms with Crippen molar-refractivity contribution in [3.8, 4) is 0 Å². The van der Waals surface area contributed by atoms with Crippen LogP contribution >= 0.6 is 0 Å². The second-order valence-corrected chi connectivity index (χ2v) is 6.86. The summed E-state index contributed by atoms with van der Waals surface area (Å²) in [5, 5.41) is 9.17. The minimum absolute atomic E-state index is 0.168. The molecule has 1 fully saturated rings. The highest BCUT2D eigenvalue weighted by molar-refractivity contribution is 7.89. The van der Waals surface area contributed by atoms with Crippen molar-refractivity contribution in [2.45, 2.75) is 30.6 Å². The van der Waals surface area contributed by atoms with Crippen molar-refractivity contribution in [3.63, 3.8) is 0 Å². The number of hydrogen-bond donors (Lipinski definition) is 2. The van der Waals surface area contributed by atoms with Crippen molar-refractivity contribution >= 4 is 10.0 Å². The molecule has 112 valence electrons. The summed E-state index contributed by atoms with van der Waals surface area (Å²) >= 11 is 0. The van der Waals surface area contributed by atoms with Crippen LogP contribution in [-0.4, -0.2) is 49.7 Å². The molecule has 0 spiro atoms. The Balaban J connectivity index is 2.24. The first-order valence-electron chi connectivity index (χ1n) is 6.53. The lowest BCUT2D eigenvalue weighted by Crippen LogP contribution is -2.50. The first kappa shape index (κ1) is 15.4. The summed E-state index contributed by atoms with van der Waals surface area (Å²) in [6, 6.07) is 6.54. The number of aliphatic hydroxyl groups is 1. The molecule has 0 saturated carbocycles. The molecular weight excluding hydrogens is 280 g/mol. The highest BCUT2D eigenvalue weighted by atomic mass is 32.2. The lowest BCUT2D eigenvalue weighted by atomic mass is 10.2. The maximum absolute atomic E-state index is 12.6. The zero-order valence-electron chi connectivity index (χ0n) is 11.4. The van der Waals surface area contributed by atoms with Crippen LogP contribution in [0.5, 0.6) is 0 Å². The molecular formula is C13H20N2O4S. The quantitative estimate of drug-likeness (QED) is 0.811. The van der Waals surface area contributed by atoms with Crippen LogP contribution in [-0.2, 0) is 21.3 Å². The van der Waals surface area contributed by atoms with Crippen molar-refractivity contribution in [2.75, 3.05) is 19.7 Å². The normalized spacial score (nSPS) is 24.8. The van der Waals surface area contributed by atoms with Crippen LogP contribution in [0.15, 0.2) is 29.2 Å². The van der Waals surface area contributed by atoms with Gasteiger partial charge in [-0.15, -0.1) is 0 Å². The Kier molecular flexibility index (Phi) is 4.77. The molecule has 2 atom stereocenters. The van der Waals surface area contributed by atoms with E-state index in [0.29, 0.717) is 6.54 Å². The Morgan fingerprint density at radius 1 is 1.35 bits per heavy atom. The van der Waals surface area contributed by atoms with Gasteiger partial charge in [-0.3, -0.25) is 0 Å². The van der Waals surface area contributed by atoms with Gasteiger partial charge in [-0.2, -0.15) is 4.31 Å². The molecule has 3 N–H and O–H groups in total. The van der Waals surface area contributed by atoms with Gasteiger partial charge in [0.15, 0.2) is 0 Å². The van der Waals surface area contributed by atoms with E-state index in [1.54, 1.807) is 31.2 Å². The third-order valence-corrected chi connectivity index (χ3v) is 5.14. The number of hydrogen-bond acceptors (Lipinski definition) is 5. The molecule has 2 unspecified atom stereocenters. The Bertz CT molecular complexity index is 544. The molecule has 1 aromatic rings. The Labute approximate surface area is 119 Å². The number of ether oxygens (including phenoxy) is 1. The van der Waals surface area contributed by atoms with Gasteiger partial charge in [0.2, 0.25) is 10.0 Å². The lowest BCUT2D eigenvalue weighted by Gasteiger charge is -2.35. The summed E-state index contributed by atoms with van der Waals surface area (Å²) in [5.41, 5.74) is 6.38. The molecule has 0 radical (unpaired) electrons. The summed E-state index contributed by atoms with van der Waals surface area (Å²) in [4.78, 5) is 0.237. The van der Waals surface area contributed by atoms with E-state index in [2.05, 4.69) is 0 Å². The number of morpholine rings is 1. The van der Waals surface area contributed by atoms with Crippen LogP contribution in [0, 0.1) is 0 Å². The molecule has 1 saturated heterocycles. The summed E-state index contributed by atoms with van der Waals surface area (Å²) < 4.78 is 31.9. The molecule has 0 aromatic heterocycles. The number of nitrogens with zero attached hydrogens (tertiary/aromatic N) is 1. The molecule has 7 heteroatoms. The minimum atomic E-state index is -3.56. The Morgan fingerprint density at radius 2 is 2.00 bits per heavy atom. The smallest absolute Gasteiger partial charge is 0.243 e. The largest absolute Gasteiger partial charge is 0.394 e. The van der Waals surface area contributed by atoms with Crippen LogP contribution in [0.2, 0.25) is 0 Å². The number of aliphatic hydroxyl groups excluding tert-OH is 1. The van der Waals surface area contributed by atoms with Crippen molar-refractivity contribution in [1.29, 1.82) is 0 Å². The van der Waals surface area contributed by atoms with E-state index in [1.165, 1.54) is 4.31 Å². The number of benzene rings is 1. The monoisotopic (exact) mass is 300 g/mol. The lowest BCUT2D eigenvalue weighted by molar-refractivity contribution is -0.0750. The fourth-order valence-electron chi connectivity index (χ4n) is 2.25. The van der Waals surface area contributed by atoms with Gasteiger partial charge in [-0.25, -0.2) is 8.42 Å². The zero-order chi connectivity index (χ0) is 14.8. The van der Waals surface area contributed by atoms with E-state index in [4.69, 9.17) is 10.5 Å². The average molecular weight is 300 g/mol. The van der Waals surface area contributed by atoms with E-state index in [9.17, 15) is 13.5 Å². The van der Waals surface area contributed by atoms with E-state index in [-0.39, 0.29) is 30.7 Å². The predicted molar refractivity (Wildman–Crippen MR) is 74.5 cm³/mol. The van der Waals surface area contributed by atoms with Gasteiger partial charge in [-0.1, -0.05) is 12.1 Å². The molecule has 1 aromatic carbocycles. The van der Waals surface area contributed by atoms with E-state index in [0.717, 1.165) is 5.56 Å². The topological polar surface area (TPSA) is 92.9 Å². The van der Waals surface area contributed by atoms with Crippen molar-refractivity contribution < 1.29 is 18.3 Å². The highest BCUT2D eigenvalue weighted by Gasteiger charge is 2.33. The van der Waals surface area contributed by atoms with Crippen LogP contribution in [0.3, 0.4) is 0 Å². The minimum Gasteiger partial charge on any atom is -0.394 e. The fourth-order valence-corrected chi connectivity index (χ4v) is 3.79.